The smallest absolute Gasteiger partial charge is 0.125 e. The quantitative estimate of drug-likeness (QED) is 0.645. The molecule has 0 aliphatic carbocycles. The standard InChI is InChI=1S/C15H20BrNO/c1-4-5-6-7-18-15-11(2)8-14(16)10-13(15)9-12(3)17/h1,8,10,12H,5-7,9,17H2,2-3H3. The molecule has 0 bridgehead atoms. The lowest BCUT2D eigenvalue weighted by Gasteiger charge is -2.16. The molecular formula is C15H20BrNO. The van der Waals surface area contributed by atoms with Gasteiger partial charge in [0.15, 0.2) is 0 Å². The molecule has 0 aromatic heterocycles. The van der Waals surface area contributed by atoms with Crippen LogP contribution in [0.3, 0.4) is 0 Å². The first-order valence-corrected chi connectivity index (χ1v) is 6.94. The van der Waals surface area contributed by atoms with Gasteiger partial charge in [-0.3, -0.25) is 0 Å². The van der Waals surface area contributed by atoms with E-state index in [4.69, 9.17) is 16.9 Å². The second-order valence-corrected chi connectivity index (χ2v) is 5.46. The van der Waals surface area contributed by atoms with Crippen molar-refractivity contribution in [1.82, 2.24) is 0 Å². The van der Waals surface area contributed by atoms with E-state index in [0.717, 1.165) is 40.6 Å². The Morgan fingerprint density at radius 1 is 1.50 bits per heavy atom. The van der Waals surface area contributed by atoms with E-state index in [9.17, 15) is 0 Å². The van der Waals surface area contributed by atoms with Gasteiger partial charge in [-0.1, -0.05) is 15.9 Å². The van der Waals surface area contributed by atoms with Crippen molar-refractivity contribution in [3.63, 3.8) is 0 Å². The largest absolute Gasteiger partial charge is 0.493 e. The molecule has 0 amide bonds. The molecule has 0 saturated heterocycles. The third kappa shape index (κ3) is 4.72. The Bertz CT molecular complexity index is 435. The second-order valence-electron chi connectivity index (χ2n) is 4.55. The number of ether oxygens (including phenoxy) is 1. The molecule has 0 saturated carbocycles. The lowest BCUT2D eigenvalue weighted by molar-refractivity contribution is 0.307. The lowest BCUT2D eigenvalue weighted by Crippen LogP contribution is -2.18. The zero-order chi connectivity index (χ0) is 13.5. The van der Waals surface area contributed by atoms with Gasteiger partial charge in [0.25, 0.3) is 0 Å². The van der Waals surface area contributed by atoms with Gasteiger partial charge >= 0.3 is 0 Å². The van der Waals surface area contributed by atoms with E-state index >= 15 is 0 Å². The molecule has 0 heterocycles. The number of aryl methyl sites for hydroxylation is 1. The normalized spacial score (nSPS) is 11.9. The molecule has 0 aliphatic heterocycles. The van der Waals surface area contributed by atoms with Crippen molar-refractivity contribution < 1.29 is 4.74 Å². The molecular weight excluding hydrogens is 290 g/mol. The summed E-state index contributed by atoms with van der Waals surface area (Å²) < 4.78 is 6.92. The van der Waals surface area contributed by atoms with Crippen LogP contribution in [0.1, 0.15) is 30.9 Å². The van der Waals surface area contributed by atoms with E-state index < -0.39 is 0 Å². The highest BCUT2D eigenvalue weighted by Gasteiger charge is 2.10. The molecule has 3 heteroatoms. The summed E-state index contributed by atoms with van der Waals surface area (Å²) in [5.41, 5.74) is 8.15. The van der Waals surface area contributed by atoms with Crippen molar-refractivity contribution in [2.24, 2.45) is 5.73 Å². The molecule has 1 aromatic carbocycles. The van der Waals surface area contributed by atoms with Crippen LogP contribution in [0.15, 0.2) is 16.6 Å². The molecule has 0 spiro atoms. The van der Waals surface area contributed by atoms with Crippen molar-refractivity contribution in [3.05, 3.63) is 27.7 Å². The highest BCUT2D eigenvalue weighted by Crippen LogP contribution is 2.29. The Morgan fingerprint density at radius 2 is 2.22 bits per heavy atom. The number of rotatable bonds is 6. The molecule has 1 rings (SSSR count). The summed E-state index contributed by atoms with van der Waals surface area (Å²) in [5.74, 6) is 3.57. The molecule has 1 atom stereocenters. The average Bonchev–Trinajstić information content (AvgIpc) is 2.26. The topological polar surface area (TPSA) is 35.2 Å². The van der Waals surface area contributed by atoms with Gasteiger partial charge in [0.2, 0.25) is 0 Å². The molecule has 98 valence electrons. The van der Waals surface area contributed by atoms with Crippen molar-refractivity contribution >= 4 is 15.9 Å². The van der Waals surface area contributed by atoms with E-state index in [2.05, 4.69) is 34.0 Å². The lowest BCUT2D eigenvalue weighted by atomic mass is 10.0. The summed E-state index contributed by atoms with van der Waals surface area (Å²) in [6.45, 7) is 4.70. The van der Waals surface area contributed by atoms with E-state index in [1.807, 2.05) is 13.8 Å². The summed E-state index contributed by atoms with van der Waals surface area (Å²) in [5, 5.41) is 0. The highest BCUT2D eigenvalue weighted by molar-refractivity contribution is 9.10. The van der Waals surface area contributed by atoms with Crippen molar-refractivity contribution in [3.8, 4) is 18.1 Å². The number of hydrogen-bond acceptors (Lipinski definition) is 2. The van der Waals surface area contributed by atoms with Crippen molar-refractivity contribution in [2.75, 3.05) is 6.61 Å². The monoisotopic (exact) mass is 309 g/mol. The number of benzene rings is 1. The third-order valence-electron chi connectivity index (χ3n) is 2.57. The summed E-state index contributed by atoms with van der Waals surface area (Å²) in [7, 11) is 0. The minimum Gasteiger partial charge on any atom is -0.493 e. The van der Waals surface area contributed by atoms with Crippen LogP contribution in [0.25, 0.3) is 0 Å². The van der Waals surface area contributed by atoms with E-state index in [-0.39, 0.29) is 6.04 Å². The number of terminal acetylenes is 1. The number of halogens is 1. The number of hydrogen-bond donors (Lipinski definition) is 1. The minimum atomic E-state index is 0.117. The maximum Gasteiger partial charge on any atom is 0.125 e. The molecule has 0 fully saturated rings. The van der Waals surface area contributed by atoms with Crippen LogP contribution < -0.4 is 10.5 Å². The first-order chi connectivity index (χ1) is 8.54. The third-order valence-corrected chi connectivity index (χ3v) is 3.03. The average molecular weight is 310 g/mol. The van der Waals surface area contributed by atoms with Crippen LogP contribution in [0.2, 0.25) is 0 Å². The first-order valence-electron chi connectivity index (χ1n) is 6.15. The summed E-state index contributed by atoms with van der Waals surface area (Å²) in [4.78, 5) is 0. The van der Waals surface area contributed by atoms with Gasteiger partial charge in [0.05, 0.1) is 6.61 Å². The molecule has 2 N–H and O–H groups in total. The second kappa shape index (κ2) is 7.45. The molecule has 0 aliphatic rings. The van der Waals surface area contributed by atoms with Gasteiger partial charge in [-0.15, -0.1) is 12.3 Å². The van der Waals surface area contributed by atoms with Crippen LogP contribution in [0.5, 0.6) is 5.75 Å². The van der Waals surface area contributed by atoms with Gasteiger partial charge < -0.3 is 10.5 Å². The van der Waals surface area contributed by atoms with Gasteiger partial charge in [-0.25, -0.2) is 0 Å². The fraction of sp³-hybridized carbons (Fsp3) is 0.467. The Balaban J connectivity index is 2.83. The molecule has 1 aromatic rings. The molecule has 2 nitrogen and oxygen atoms in total. The molecule has 0 radical (unpaired) electrons. The predicted octanol–water partition coefficient (Wildman–Crippen LogP) is 3.44. The van der Waals surface area contributed by atoms with Gasteiger partial charge in [-0.2, -0.15) is 0 Å². The van der Waals surface area contributed by atoms with Crippen molar-refractivity contribution in [1.29, 1.82) is 0 Å². The summed E-state index contributed by atoms with van der Waals surface area (Å²) >= 11 is 3.51. The van der Waals surface area contributed by atoms with Crippen LogP contribution in [0.4, 0.5) is 0 Å². The van der Waals surface area contributed by atoms with Gasteiger partial charge in [0, 0.05) is 16.9 Å². The zero-order valence-corrected chi connectivity index (χ0v) is 12.6. The summed E-state index contributed by atoms with van der Waals surface area (Å²) in [6.07, 6.45) is 7.66. The number of unbranched alkanes of at least 4 members (excludes halogenated alkanes) is 1. The fourth-order valence-corrected chi connectivity index (χ4v) is 2.47. The Labute approximate surface area is 118 Å². The van der Waals surface area contributed by atoms with Crippen LogP contribution in [-0.2, 0) is 6.42 Å². The van der Waals surface area contributed by atoms with E-state index in [1.54, 1.807) is 0 Å². The minimum absolute atomic E-state index is 0.117. The van der Waals surface area contributed by atoms with Crippen LogP contribution in [0, 0.1) is 19.3 Å². The van der Waals surface area contributed by atoms with Crippen LogP contribution in [-0.4, -0.2) is 12.6 Å². The highest BCUT2D eigenvalue weighted by atomic mass is 79.9. The summed E-state index contributed by atoms with van der Waals surface area (Å²) in [6, 6.07) is 4.25. The molecule has 18 heavy (non-hydrogen) atoms. The maximum absolute atomic E-state index is 5.87. The van der Waals surface area contributed by atoms with Gasteiger partial charge in [0.1, 0.15) is 5.75 Å². The fourth-order valence-electron chi connectivity index (χ4n) is 1.85. The maximum atomic E-state index is 5.87. The zero-order valence-electron chi connectivity index (χ0n) is 11.0. The SMILES string of the molecule is C#CCCCOc1c(C)cc(Br)cc1CC(C)N. The van der Waals surface area contributed by atoms with Crippen LogP contribution >= 0.6 is 15.9 Å². The van der Waals surface area contributed by atoms with Gasteiger partial charge in [-0.05, 0) is 49.9 Å². The predicted molar refractivity (Wildman–Crippen MR) is 79.8 cm³/mol. The van der Waals surface area contributed by atoms with E-state index in [1.165, 1.54) is 0 Å². The molecule has 1 unspecified atom stereocenters. The first kappa shape index (κ1) is 15.1. The van der Waals surface area contributed by atoms with Crippen molar-refractivity contribution in [2.45, 2.75) is 39.2 Å². The Morgan fingerprint density at radius 3 is 2.83 bits per heavy atom. The van der Waals surface area contributed by atoms with E-state index in [0.29, 0.717) is 6.61 Å². The Kier molecular flexibility index (Phi) is 6.24. The number of nitrogens with two attached hydrogens (primary N) is 1. The Hall–Kier alpha value is -0.980.